The quantitative estimate of drug-likeness (QED) is 0.878. The molecule has 1 aliphatic rings. The van der Waals surface area contributed by atoms with Crippen LogP contribution in [0.5, 0.6) is 0 Å². The van der Waals surface area contributed by atoms with Gasteiger partial charge in [0.05, 0.1) is 6.20 Å². The highest BCUT2D eigenvalue weighted by Gasteiger charge is 2.19. The van der Waals surface area contributed by atoms with E-state index in [1.165, 1.54) is 37.1 Å². The van der Waals surface area contributed by atoms with Gasteiger partial charge in [-0.2, -0.15) is 5.10 Å². The van der Waals surface area contributed by atoms with E-state index < -0.39 is 0 Å². The number of rotatable bonds is 4. The Morgan fingerprint density at radius 2 is 2.10 bits per heavy atom. The first-order valence-electron chi connectivity index (χ1n) is 7.75. The van der Waals surface area contributed by atoms with Crippen LogP contribution in [0.3, 0.4) is 0 Å². The maximum atomic E-state index is 5.85. The number of nitrogen functional groups attached to an aromatic ring is 1. The molecule has 1 saturated heterocycles. The molecule has 2 N–H and O–H groups in total. The van der Waals surface area contributed by atoms with Crippen LogP contribution >= 0.6 is 0 Å². The lowest BCUT2D eigenvalue weighted by Gasteiger charge is -2.32. The van der Waals surface area contributed by atoms with Crippen molar-refractivity contribution in [1.82, 2.24) is 14.7 Å². The van der Waals surface area contributed by atoms with Crippen LogP contribution in [0.2, 0.25) is 0 Å². The molecule has 0 unspecified atom stereocenters. The SMILES string of the molecule is Cc1cnn(CC2CCN(Cc3cccc(N)c3)CC2)c1. The minimum atomic E-state index is 0.751. The molecule has 4 heteroatoms. The number of hydrogen-bond donors (Lipinski definition) is 1. The summed E-state index contributed by atoms with van der Waals surface area (Å²) in [6.45, 7) is 6.50. The number of nitrogens with zero attached hydrogens (tertiary/aromatic N) is 3. The molecule has 0 aliphatic carbocycles. The molecule has 1 aromatic carbocycles. The minimum Gasteiger partial charge on any atom is -0.399 e. The number of piperidine rings is 1. The molecule has 2 aromatic rings. The maximum Gasteiger partial charge on any atom is 0.0518 e. The highest BCUT2D eigenvalue weighted by Crippen LogP contribution is 2.21. The molecular formula is C17H24N4. The van der Waals surface area contributed by atoms with E-state index in [4.69, 9.17) is 5.73 Å². The second-order valence-electron chi connectivity index (χ2n) is 6.20. The first kappa shape index (κ1) is 14.1. The maximum absolute atomic E-state index is 5.85. The zero-order valence-corrected chi connectivity index (χ0v) is 12.7. The number of benzene rings is 1. The molecule has 3 rings (SSSR count). The van der Waals surface area contributed by atoms with Gasteiger partial charge in [0, 0.05) is 25.0 Å². The number of aromatic nitrogens is 2. The van der Waals surface area contributed by atoms with Crippen LogP contribution < -0.4 is 5.73 Å². The molecule has 1 fully saturated rings. The number of nitrogens with two attached hydrogens (primary N) is 1. The summed E-state index contributed by atoms with van der Waals surface area (Å²) in [4.78, 5) is 2.53. The van der Waals surface area contributed by atoms with Crippen molar-refractivity contribution < 1.29 is 0 Å². The molecule has 21 heavy (non-hydrogen) atoms. The lowest BCUT2D eigenvalue weighted by atomic mass is 9.96. The van der Waals surface area contributed by atoms with Crippen LogP contribution in [0.4, 0.5) is 5.69 Å². The van der Waals surface area contributed by atoms with Gasteiger partial charge >= 0.3 is 0 Å². The smallest absolute Gasteiger partial charge is 0.0518 e. The molecule has 0 spiro atoms. The highest BCUT2D eigenvalue weighted by atomic mass is 15.3. The van der Waals surface area contributed by atoms with Gasteiger partial charge in [0.25, 0.3) is 0 Å². The average molecular weight is 284 g/mol. The molecule has 1 aromatic heterocycles. The van der Waals surface area contributed by atoms with Crippen molar-refractivity contribution in [2.45, 2.75) is 32.9 Å². The topological polar surface area (TPSA) is 47.1 Å². The molecule has 0 radical (unpaired) electrons. The van der Waals surface area contributed by atoms with E-state index in [1.54, 1.807) is 0 Å². The van der Waals surface area contributed by atoms with Crippen molar-refractivity contribution in [3.8, 4) is 0 Å². The van der Waals surface area contributed by atoms with Crippen LogP contribution in [-0.2, 0) is 13.1 Å². The third-order valence-electron chi connectivity index (χ3n) is 4.27. The van der Waals surface area contributed by atoms with E-state index in [2.05, 4.69) is 39.9 Å². The molecule has 2 heterocycles. The Balaban J connectivity index is 1.48. The predicted octanol–water partition coefficient (Wildman–Crippen LogP) is 2.69. The monoisotopic (exact) mass is 284 g/mol. The van der Waals surface area contributed by atoms with Gasteiger partial charge in [0.1, 0.15) is 0 Å². The van der Waals surface area contributed by atoms with E-state index in [1.807, 2.05) is 18.3 Å². The Labute approximate surface area is 126 Å². The summed E-state index contributed by atoms with van der Waals surface area (Å²) in [5.74, 6) is 0.751. The lowest BCUT2D eigenvalue weighted by Crippen LogP contribution is -2.34. The van der Waals surface area contributed by atoms with Gasteiger partial charge in [0.15, 0.2) is 0 Å². The second-order valence-corrected chi connectivity index (χ2v) is 6.20. The van der Waals surface area contributed by atoms with Crippen molar-refractivity contribution in [2.75, 3.05) is 18.8 Å². The number of hydrogen-bond acceptors (Lipinski definition) is 3. The van der Waals surface area contributed by atoms with E-state index in [0.717, 1.165) is 24.7 Å². The Morgan fingerprint density at radius 1 is 1.29 bits per heavy atom. The fourth-order valence-corrected chi connectivity index (χ4v) is 3.11. The summed E-state index contributed by atoms with van der Waals surface area (Å²) in [6, 6.07) is 8.23. The molecule has 0 atom stereocenters. The Morgan fingerprint density at radius 3 is 2.76 bits per heavy atom. The summed E-state index contributed by atoms with van der Waals surface area (Å²) in [5.41, 5.74) is 9.26. The van der Waals surface area contributed by atoms with Crippen molar-refractivity contribution in [1.29, 1.82) is 0 Å². The zero-order valence-electron chi connectivity index (χ0n) is 12.7. The molecule has 112 valence electrons. The van der Waals surface area contributed by atoms with Gasteiger partial charge in [-0.1, -0.05) is 12.1 Å². The highest BCUT2D eigenvalue weighted by molar-refractivity contribution is 5.40. The summed E-state index contributed by atoms with van der Waals surface area (Å²) < 4.78 is 2.09. The normalized spacial score (nSPS) is 17.2. The van der Waals surface area contributed by atoms with Crippen LogP contribution in [0.1, 0.15) is 24.0 Å². The van der Waals surface area contributed by atoms with Crippen LogP contribution in [0, 0.1) is 12.8 Å². The van der Waals surface area contributed by atoms with Gasteiger partial charge in [0.2, 0.25) is 0 Å². The minimum absolute atomic E-state index is 0.751. The molecule has 0 saturated carbocycles. The van der Waals surface area contributed by atoms with Gasteiger partial charge in [-0.05, 0) is 62.0 Å². The lowest BCUT2D eigenvalue weighted by molar-refractivity contribution is 0.164. The van der Waals surface area contributed by atoms with Gasteiger partial charge in [-0.15, -0.1) is 0 Å². The predicted molar refractivity (Wildman–Crippen MR) is 85.8 cm³/mol. The number of likely N-dealkylation sites (tertiary alicyclic amines) is 1. The Kier molecular flexibility index (Phi) is 4.25. The average Bonchev–Trinajstić information content (AvgIpc) is 2.86. The third kappa shape index (κ3) is 3.85. The Hall–Kier alpha value is -1.81. The van der Waals surface area contributed by atoms with Crippen LogP contribution in [0.15, 0.2) is 36.7 Å². The van der Waals surface area contributed by atoms with E-state index >= 15 is 0 Å². The standard InChI is InChI=1S/C17H24N4/c1-14-10-19-21(11-14)13-15-5-7-20(8-6-15)12-16-3-2-4-17(18)9-16/h2-4,9-11,15H,5-8,12-13,18H2,1H3. The molecular weight excluding hydrogens is 260 g/mol. The summed E-state index contributed by atoms with van der Waals surface area (Å²) >= 11 is 0. The second kappa shape index (κ2) is 6.31. The van der Waals surface area contributed by atoms with Crippen molar-refractivity contribution in [3.05, 3.63) is 47.8 Å². The summed E-state index contributed by atoms with van der Waals surface area (Å²) in [6.07, 6.45) is 6.58. The zero-order chi connectivity index (χ0) is 14.7. The summed E-state index contributed by atoms with van der Waals surface area (Å²) in [5, 5.41) is 4.40. The summed E-state index contributed by atoms with van der Waals surface area (Å²) in [7, 11) is 0. The van der Waals surface area contributed by atoms with Crippen molar-refractivity contribution >= 4 is 5.69 Å². The van der Waals surface area contributed by atoms with Gasteiger partial charge in [-0.25, -0.2) is 0 Å². The molecule has 0 amide bonds. The van der Waals surface area contributed by atoms with Gasteiger partial charge < -0.3 is 5.73 Å². The molecule has 1 aliphatic heterocycles. The first-order chi connectivity index (χ1) is 10.2. The largest absolute Gasteiger partial charge is 0.399 e. The number of aryl methyl sites for hydroxylation is 1. The van der Waals surface area contributed by atoms with Crippen molar-refractivity contribution in [3.63, 3.8) is 0 Å². The molecule has 4 nitrogen and oxygen atoms in total. The molecule has 0 bridgehead atoms. The van der Waals surface area contributed by atoms with E-state index in [-0.39, 0.29) is 0 Å². The van der Waals surface area contributed by atoms with E-state index in [0.29, 0.717) is 0 Å². The van der Waals surface area contributed by atoms with Gasteiger partial charge in [-0.3, -0.25) is 9.58 Å². The van der Waals surface area contributed by atoms with Crippen molar-refractivity contribution in [2.24, 2.45) is 5.92 Å². The fraction of sp³-hybridized carbons (Fsp3) is 0.471. The number of anilines is 1. The first-order valence-corrected chi connectivity index (χ1v) is 7.75. The fourth-order valence-electron chi connectivity index (χ4n) is 3.11. The van der Waals surface area contributed by atoms with Crippen LogP contribution in [0.25, 0.3) is 0 Å². The Bertz CT molecular complexity index is 582. The van der Waals surface area contributed by atoms with Crippen LogP contribution in [-0.4, -0.2) is 27.8 Å². The third-order valence-corrected chi connectivity index (χ3v) is 4.27. The van der Waals surface area contributed by atoms with E-state index in [9.17, 15) is 0 Å².